The van der Waals surface area contributed by atoms with Crippen LogP contribution in [0.25, 0.3) is 0 Å². The number of carboxylic acid groups (broad SMARTS) is 1. The van der Waals surface area contributed by atoms with Crippen molar-refractivity contribution in [3.63, 3.8) is 0 Å². The van der Waals surface area contributed by atoms with Crippen LogP contribution in [-0.2, 0) is 26.2 Å². The van der Waals surface area contributed by atoms with E-state index in [0.717, 1.165) is 5.56 Å². The predicted molar refractivity (Wildman–Crippen MR) is 139 cm³/mol. The maximum Gasteiger partial charge on any atom is 0.333 e. The molecule has 3 N–H and O–H groups in total. The van der Waals surface area contributed by atoms with Gasteiger partial charge in [-0.1, -0.05) is 39.0 Å². The lowest BCUT2D eigenvalue weighted by molar-refractivity contribution is -0.153. The van der Waals surface area contributed by atoms with Crippen molar-refractivity contribution < 1.29 is 34.0 Å². The Kier molecular flexibility index (Phi) is 10.7. The predicted octanol–water partition coefficient (Wildman–Crippen LogP) is 4.57. The molecule has 2 rings (SSSR count). The number of amides is 1. The SMILES string of the molecule is CCOc1ccc(CC(OC(C)C)C(=O)O)cc1NC(=O)C(CCO)Oc1ccc(C(C)(C)C)cc1. The molecule has 8 heteroatoms. The van der Waals surface area contributed by atoms with E-state index in [4.69, 9.17) is 14.2 Å². The number of aliphatic hydroxyl groups excluding tert-OH is 1. The number of benzene rings is 2. The van der Waals surface area contributed by atoms with E-state index < -0.39 is 24.1 Å². The van der Waals surface area contributed by atoms with Crippen LogP contribution in [0.3, 0.4) is 0 Å². The molecule has 2 unspecified atom stereocenters. The molecular weight excluding hydrogens is 462 g/mol. The van der Waals surface area contributed by atoms with Crippen LogP contribution in [0.15, 0.2) is 42.5 Å². The Hall–Kier alpha value is -3.10. The van der Waals surface area contributed by atoms with Crippen molar-refractivity contribution in [3.8, 4) is 11.5 Å². The van der Waals surface area contributed by atoms with Crippen LogP contribution in [0.4, 0.5) is 5.69 Å². The summed E-state index contributed by atoms with van der Waals surface area (Å²) in [5.74, 6) is -0.540. The molecule has 0 heterocycles. The van der Waals surface area contributed by atoms with Crippen molar-refractivity contribution in [2.24, 2.45) is 0 Å². The van der Waals surface area contributed by atoms with Gasteiger partial charge in [0.2, 0.25) is 0 Å². The highest BCUT2D eigenvalue weighted by Gasteiger charge is 2.24. The maximum atomic E-state index is 13.2. The number of nitrogens with one attached hydrogen (secondary N) is 1. The van der Waals surface area contributed by atoms with E-state index >= 15 is 0 Å². The molecule has 1 amide bonds. The van der Waals surface area contributed by atoms with Crippen molar-refractivity contribution in [2.75, 3.05) is 18.5 Å². The number of hydrogen-bond acceptors (Lipinski definition) is 6. The fourth-order valence-electron chi connectivity index (χ4n) is 3.59. The van der Waals surface area contributed by atoms with E-state index in [0.29, 0.717) is 29.4 Å². The molecule has 0 aliphatic rings. The van der Waals surface area contributed by atoms with E-state index in [1.807, 2.05) is 31.2 Å². The summed E-state index contributed by atoms with van der Waals surface area (Å²) in [5, 5.41) is 21.9. The number of carboxylic acids is 1. The molecule has 0 saturated heterocycles. The molecule has 198 valence electrons. The Morgan fingerprint density at radius 1 is 1.03 bits per heavy atom. The van der Waals surface area contributed by atoms with Gasteiger partial charge in [0.25, 0.3) is 5.91 Å². The molecule has 8 nitrogen and oxygen atoms in total. The third kappa shape index (κ3) is 8.84. The zero-order valence-electron chi connectivity index (χ0n) is 22.0. The van der Waals surface area contributed by atoms with Crippen molar-refractivity contribution in [3.05, 3.63) is 53.6 Å². The third-order valence-corrected chi connectivity index (χ3v) is 5.42. The smallest absolute Gasteiger partial charge is 0.333 e. The van der Waals surface area contributed by atoms with Crippen LogP contribution in [0.2, 0.25) is 0 Å². The van der Waals surface area contributed by atoms with Gasteiger partial charge in [-0.3, -0.25) is 4.79 Å². The molecule has 36 heavy (non-hydrogen) atoms. The number of aliphatic carboxylic acids is 1. The fourth-order valence-corrected chi connectivity index (χ4v) is 3.59. The van der Waals surface area contributed by atoms with E-state index in [9.17, 15) is 19.8 Å². The number of aliphatic hydroxyl groups is 1. The minimum atomic E-state index is -1.06. The molecule has 2 aromatic carbocycles. The van der Waals surface area contributed by atoms with Gasteiger partial charge in [-0.05, 0) is 61.6 Å². The molecule has 0 spiro atoms. The van der Waals surface area contributed by atoms with E-state index in [2.05, 4.69) is 26.1 Å². The molecular formula is C28H39NO7. The van der Waals surface area contributed by atoms with Crippen LogP contribution in [-0.4, -0.2) is 53.6 Å². The van der Waals surface area contributed by atoms with Gasteiger partial charge in [0.05, 0.1) is 18.4 Å². The average molecular weight is 502 g/mol. The molecule has 2 aromatic rings. The number of hydrogen-bond donors (Lipinski definition) is 3. The van der Waals surface area contributed by atoms with Crippen LogP contribution in [0.1, 0.15) is 59.1 Å². The zero-order valence-corrected chi connectivity index (χ0v) is 22.0. The third-order valence-electron chi connectivity index (χ3n) is 5.42. The first kappa shape index (κ1) is 29.1. The molecule has 0 radical (unpaired) electrons. The van der Waals surface area contributed by atoms with Crippen molar-refractivity contribution in [1.29, 1.82) is 0 Å². The average Bonchev–Trinajstić information content (AvgIpc) is 2.79. The standard InChI is InChI=1S/C28H39NO7/c1-7-34-23-13-8-19(17-25(27(32)33)35-18(2)3)16-22(23)29-26(31)24(14-15-30)36-21-11-9-20(10-12-21)28(4,5)6/h8-13,16,18,24-25,30H,7,14-15,17H2,1-6H3,(H,29,31)(H,32,33). The highest BCUT2D eigenvalue weighted by molar-refractivity contribution is 5.95. The number of carbonyl (C=O) groups is 2. The van der Waals surface area contributed by atoms with Crippen LogP contribution in [0, 0.1) is 0 Å². The van der Waals surface area contributed by atoms with Gasteiger partial charge in [-0.2, -0.15) is 0 Å². The Balaban J connectivity index is 2.24. The van der Waals surface area contributed by atoms with E-state index in [-0.39, 0.29) is 31.0 Å². The Labute approximate surface area is 213 Å². The summed E-state index contributed by atoms with van der Waals surface area (Å²) in [6.45, 7) is 11.9. The normalized spacial score (nSPS) is 13.2. The Morgan fingerprint density at radius 3 is 2.22 bits per heavy atom. The zero-order chi connectivity index (χ0) is 26.9. The summed E-state index contributed by atoms with van der Waals surface area (Å²) in [5.41, 5.74) is 2.18. The fraction of sp³-hybridized carbons (Fsp3) is 0.500. The van der Waals surface area contributed by atoms with E-state index in [1.54, 1.807) is 32.0 Å². The highest BCUT2D eigenvalue weighted by Crippen LogP contribution is 2.28. The first-order valence-electron chi connectivity index (χ1n) is 12.3. The Bertz CT molecular complexity index is 996. The summed E-state index contributed by atoms with van der Waals surface area (Å²) >= 11 is 0. The van der Waals surface area contributed by atoms with Crippen molar-refractivity contribution >= 4 is 17.6 Å². The van der Waals surface area contributed by atoms with Crippen LogP contribution in [0.5, 0.6) is 11.5 Å². The molecule has 0 aromatic heterocycles. The molecule has 0 saturated carbocycles. The summed E-state index contributed by atoms with van der Waals surface area (Å²) in [4.78, 5) is 24.8. The van der Waals surface area contributed by atoms with Gasteiger partial charge in [0.1, 0.15) is 11.5 Å². The highest BCUT2D eigenvalue weighted by atomic mass is 16.5. The quantitative estimate of drug-likeness (QED) is 0.368. The maximum absolute atomic E-state index is 13.2. The van der Waals surface area contributed by atoms with Gasteiger partial charge in [-0.25, -0.2) is 4.79 Å². The second-order valence-electron chi connectivity index (χ2n) is 9.86. The lowest BCUT2D eigenvalue weighted by Crippen LogP contribution is -2.34. The second kappa shape index (κ2) is 13.3. The Morgan fingerprint density at radius 2 is 1.69 bits per heavy atom. The summed E-state index contributed by atoms with van der Waals surface area (Å²) in [7, 11) is 0. The first-order chi connectivity index (χ1) is 16.9. The lowest BCUT2D eigenvalue weighted by Gasteiger charge is -2.22. The molecule has 0 aliphatic heterocycles. The summed E-state index contributed by atoms with van der Waals surface area (Å²) in [6, 6.07) is 12.7. The van der Waals surface area contributed by atoms with Crippen LogP contribution < -0.4 is 14.8 Å². The molecule has 2 atom stereocenters. The van der Waals surface area contributed by atoms with Crippen molar-refractivity contribution in [1.82, 2.24) is 0 Å². The summed E-state index contributed by atoms with van der Waals surface area (Å²) in [6.07, 6.45) is -1.99. The second-order valence-corrected chi connectivity index (χ2v) is 9.86. The van der Waals surface area contributed by atoms with Crippen molar-refractivity contribution in [2.45, 2.75) is 78.1 Å². The van der Waals surface area contributed by atoms with Gasteiger partial charge in [0, 0.05) is 19.4 Å². The molecule has 0 aliphatic carbocycles. The minimum absolute atomic E-state index is 0.0129. The van der Waals surface area contributed by atoms with Gasteiger partial charge in [0.15, 0.2) is 12.2 Å². The van der Waals surface area contributed by atoms with E-state index in [1.165, 1.54) is 0 Å². The van der Waals surface area contributed by atoms with Gasteiger partial charge < -0.3 is 29.7 Å². The largest absolute Gasteiger partial charge is 0.492 e. The molecule has 0 fully saturated rings. The first-order valence-corrected chi connectivity index (χ1v) is 12.3. The lowest BCUT2D eigenvalue weighted by atomic mass is 9.87. The number of ether oxygens (including phenoxy) is 3. The number of carbonyl (C=O) groups excluding carboxylic acids is 1. The minimum Gasteiger partial charge on any atom is -0.492 e. The summed E-state index contributed by atoms with van der Waals surface area (Å²) < 4.78 is 17.1. The number of rotatable bonds is 13. The molecule has 0 bridgehead atoms. The number of anilines is 1. The van der Waals surface area contributed by atoms with Gasteiger partial charge in [-0.15, -0.1) is 0 Å². The topological polar surface area (TPSA) is 114 Å². The van der Waals surface area contributed by atoms with Crippen LogP contribution >= 0.6 is 0 Å². The van der Waals surface area contributed by atoms with Gasteiger partial charge >= 0.3 is 5.97 Å². The monoisotopic (exact) mass is 501 g/mol.